The van der Waals surface area contributed by atoms with Crippen molar-refractivity contribution in [3.63, 3.8) is 0 Å². The Morgan fingerprint density at radius 3 is 2.85 bits per heavy atom. The summed E-state index contributed by atoms with van der Waals surface area (Å²) in [6.07, 6.45) is -0.857. The molecule has 0 bridgehead atoms. The van der Waals surface area contributed by atoms with Crippen molar-refractivity contribution < 1.29 is 9.50 Å². The van der Waals surface area contributed by atoms with E-state index in [1.807, 2.05) is 6.07 Å². The lowest BCUT2D eigenvalue weighted by Crippen LogP contribution is -1.97. The van der Waals surface area contributed by atoms with Crippen LogP contribution in [-0.2, 0) is 0 Å². The summed E-state index contributed by atoms with van der Waals surface area (Å²) in [5.74, 6) is -0.375. The maximum absolute atomic E-state index is 12.6. The number of benzene rings is 1. The van der Waals surface area contributed by atoms with Crippen LogP contribution >= 0.6 is 15.9 Å². The van der Waals surface area contributed by atoms with Crippen molar-refractivity contribution in [1.82, 2.24) is 0 Å². The number of aliphatic hydroxyl groups is 1. The molecule has 0 saturated carbocycles. The van der Waals surface area contributed by atoms with Crippen molar-refractivity contribution in [2.24, 2.45) is 0 Å². The molecule has 1 atom stereocenters. The molecule has 68 valence electrons. The number of hydrogen-bond donors (Lipinski definition) is 1. The predicted octanol–water partition coefficient (Wildman–Crippen LogP) is 2.54. The van der Waals surface area contributed by atoms with Crippen LogP contribution in [0.5, 0.6) is 0 Å². The Morgan fingerprint density at radius 2 is 2.31 bits per heavy atom. The highest BCUT2D eigenvalue weighted by atomic mass is 79.9. The van der Waals surface area contributed by atoms with E-state index in [0.717, 1.165) is 0 Å². The molecule has 1 aromatic carbocycles. The van der Waals surface area contributed by atoms with Crippen LogP contribution in [0.3, 0.4) is 0 Å². The molecule has 0 spiro atoms. The molecule has 0 heterocycles. The van der Waals surface area contributed by atoms with Gasteiger partial charge in [-0.25, -0.2) is 4.39 Å². The topological polar surface area (TPSA) is 44.0 Å². The summed E-state index contributed by atoms with van der Waals surface area (Å²) in [7, 11) is 0. The van der Waals surface area contributed by atoms with E-state index in [4.69, 9.17) is 5.26 Å². The first-order valence-electron chi connectivity index (χ1n) is 3.65. The zero-order valence-electron chi connectivity index (χ0n) is 6.67. The van der Waals surface area contributed by atoms with E-state index in [-0.39, 0.29) is 12.2 Å². The van der Waals surface area contributed by atoms with Gasteiger partial charge in [-0.05, 0) is 17.7 Å². The molecule has 0 aliphatic rings. The molecule has 0 fully saturated rings. The van der Waals surface area contributed by atoms with Crippen molar-refractivity contribution in [3.8, 4) is 6.07 Å². The molecule has 0 saturated heterocycles. The number of aliphatic hydroxyl groups excluding tert-OH is 1. The summed E-state index contributed by atoms with van der Waals surface area (Å²) in [5, 5.41) is 17.8. The zero-order chi connectivity index (χ0) is 9.84. The van der Waals surface area contributed by atoms with E-state index in [0.29, 0.717) is 10.0 Å². The number of rotatable bonds is 2. The monoisotopic (exact) mass is 243 g/mol. The third-order valence-corrected chi connectivity index (χ3v) is 2.29. The Labute approximate surface area is 83.7 Å². The second-order valence-electron chi connectivity index (χ2n) is 2.54. The third kappa shape index (κ3) is 2.51. The highest BCUT2D eigenvalue weighted by molar-refractivity contribution is 9.10. The molecule has 2 nitrogen and oxygen atoms in total. The fraction of sp³-hybridized carbons (Fsp3) is 0.222. The average Bonchev–Trinajstić information content (AvgIpc) is 2.04. The van der Waals surface area contributed by atoms with E-state index >= 15 is 0 Å². The minimum atomic E-state index is -0.861. The molecule has 0 aliphatic carbocycles. The molecule has 0 aliphatic heterocycles. The molecule has 1 rings (SSSR count). The Hall–Kier alpha value is -0.920. The molecule has 13 heavy (non-hydrogen) atoms. The van der Waals surface area contributed by atoms with Crippen LogP contribution in [0.1, 0.15) is 18.1 Å². The standard InChI is InChI=1S/C9H7BrFNO/c10-8-5-6(11)1-2-7(8)9(13)3-4-12/h1-2,5,9,13H,3H2. The van der Waals surface area contributed by atoms with E-state index in [1.165, 1.54) is 18.2 Å². The predicted molar refractivity (Wildman–Crippen MR) is 49.3 cm³/mol. The van der Waals surface area contributed by atoms with Crippen LogP contribution < -0.4 is 0 Å². The van der Waals surface area contributed by atoms with Gasteiger partial charge in [0.1, 0.15) is 5.82 Å². The second kappa shape index (κ2) is 4.35. The van der Waals surface area contributed by atoms with Crippen molar-refractivity contribution >= 4 is 15.9 Å². The quantitative estimate of drug-likeness (QED) is 0.868. The minimum Gasteiger partial charge on any atom is -0.387 e. The van der Waals surface area contributed by atoms with Gasteiger partial charge >= 0.3 is 0 Å². The van der Waals surface area contributed by atoms with Crippen molar-refractivity contribution in [3.05, 3.63) is 34.1 Å². The fourth-order valence-electron chi connectivity index (χ4n) is 0.968. The van der Waals surface area contributed by atoms with Gasteiger partial charge in [-0.2, -0.15) is 5.26 Å². The van der Waals surface area contributed by atoms with Gasteiger partial charge in [-0.15, -0.1) is 0 Å². The zero-order valence-corrected chi connectivity index (χ0v) is 8.25. The average molecular weight is 244 g/mol. The summed E-state index contributed by atoms with van der Waals surface area (Å²) in [6, 6.07) is 5.81. The van der Waals surface area contributed by atoms with Crippen LogP contribution in [0, 0.1) is 17.1 Å². The number of halogens is 2. The van der Waals surface area contributed by atoms with Gasteiger partial charge < -0.3 is 5.11 Å². The Kier molecular flexibility index (Phi) is 3.40. The molecule has 0 radical (unpaired) electrons. The molecular weight excluding hydrogens is 237 g/mol. The van der Waals surface area contributed by atoms with Crippen LogP contribution in [0.2, 0.25) is 0 Å². The number of hydrogen-bond acceptors (Lipinski definition) is 2. The van der Waals surface area contributed by atoms with E-state index < -0.39 is 6.10 Å². The molecule has 0 aromatic heterocycles. The Balaban J connectivity index is 2.96. The van der Waals surface area contributed by atoms with Crippen LogP contribution in [-0.4, -0.2) is 5.11 Å². The first-order chi connectivity index (χ1) is 6.15. The summed E-state index contributed by atoms with van der Waals surface area (Å²) in [6.45, 7) is 0. The van der Waals surface area contributed by atoms with Gasteiger partial charge in [0.2, 0.25) is 0 Å². The lowest BCUT2D eigenvalue weighted by Gasteiger charge is -2.08. The van der Waals surface area contributed by atoms with E-state index in [9.17, 15) is 9.50 Å². The van der Waals surface area contributed by atoms with Gasteiger partial charge in [-0.1, -0.05) is 22.0 Å². The summed E-state index contributed by atoms with van der Waals surface area (Å²) in [4.78, 5) is 0. The maximum Gasteiger partial charge on any atom is 0.124 e. The lowest BCUT2D eigenvalue weighted by atomic mass is 10.1. The smallest absolute Gasteiger partial charge is 0.124 e. The molecular formula is C9H7BrFNO. The third-order valence-electron chi connectivity index (χ3n) is 1.61. The first-order valence-corrected chi connectivity index (χ1v) is 4.44. The number of nitrogens with zero attached hydrogens (tertiary/aromatic N) is 1. The van der Waals surface area contributed by atoms with Gasteiger partial charge in [0.15, 0.2) is 0 Å². The Bertz CT molecular complexity index is 348. The summed E-state index contributed by atoms with van der Waals surface area (Å²) in [5.41, 5.74) is 0.531. The highest BCUT2D eigenvalue weighted by Gasteiger charge is 2.10. The molecule has 1 N–H and O–H groups in total. The van der Waals surface area contributed by atoms with Gasteiger partial charge in [0.25, 0.3) is 0 Å². The molecule has 1 aromatic rings. The Morgan fingerprint density at radius 1 is 1.62 bits per heavy atom. The van der Waals surface area contributed by atoms with Crippen molar-refractivity contribution in [2.75, 3.05) is 0 Å². The minimum absolute atomic E-state index is 0.00420. The molecule has 4 heteroatoms. The molecule has 1 unspecified atom stereocenters. The SMILES string of the molecule is N#CCC(O)c1ccc(F)cc1Br. The summed E-state index contributed by atoms with van der Waals surface area (Å²) < 4.78 is 13.1. The van der Waals surface area contributed by atoms with Gasteiger partial charge in [-0.3, -0.25) is 0 Å². The first kappa shape index (κ1) is 10.2. The normalized spacial score (nSPS) is 12.2. The second-order valence-corrected chi connectivity index (χ2v) is 3.40. The van der Waals surface area contributed by atoms with Crippen molar-refractivity contribution in [1.29, 1.82) is 5.26 Å². The van der Waals surface area contributed by atoms with Crippen LogP contribution in [0.25, 0.3) is 0 Å². The van der Waals surface area contributed by atoms with E-state index in [1.54, 1.807) is 0 Å². The van der Waals surface area contributed by atoms with Crippen LogP contribution in [0.15, 0.2) is 22.7 Å². The largest absolute Gasteiger partial charge is 0.387 e. The van der Waals surface area contributed by atoms with Crippen LogP contribution in [0.4, 0.5) is 4.39 Å². The highest BCUT2D eigenvalue weighted by Crippen LogP contribution is 2.25. The summed E-state index contributed by atoms with van der Waals surface area (Å²) >= 11 is 3.11. The van der Waals surface area contributed by atoms with Crippen molar-refractivity contribution in [2.45, 2.75) is 12.5 Å². The van der Waals surface area contributed by atoms with Gasteiger partial charge in [0, 0.05) is 4.47 Å². The fourth-order valence-corrected chi connectivity index (χ4v) is 1.58. The number of nitriles is 1. The molecule has 0 amide bonds. The maximum atomic E-state index is 12.6. The van der Waals surface area contributed by atoms with Gasteiger partial charge in [0.05, 0.1) is 18.6 Å². The lowest BCUT2D eigenvalue weighted by molar-refractivity contribution is 0.182. The van der Waals surface area contributed by atoms with E-state index in [2.05, 4.69) is 15.9 Å².